The third-order valence-electron chi connectivity index (χ3n) is 9.24. The second kappa shape index (κ2) is 11.5. The fourth-order valence-electron chi connectivity index (χ4n) is 6.73. The summed E-state index contributed by atoms with van der Waals surface area (Å²) in [6.07, 6.45) is 18.8. The number of aryl methyl sites for hydroxylation is 1. The fourth-order valence-corrected chi connectivity index (χ4v) is 6.73. The largest absolute Gasteiger partial charge is 0.481 e. The molecule has 0 unspecified atom stereocenters. The van der Waals surface area contributed by atoms with E-state index in [4.69, 9.17) is 4.74 Å². The van der Waals surface area contributed by atoms with E-state index in [1.807, 2.05) is 12.4 Å². The number of hydrogen-bond acceptors (Lipinski definition) is 4. The number of benzene rings is 1. The molecule has 3 saturated carbocycles. The summed E-state index contributed by atoms with van der Waals surface area (Å²) in [7, 11) is 1.68. The van der Waals surface area contributed by atoms with E-state index >= 15 is 0 Å². The highest BCUT2D eigenvalue weighted by molar-refractivity contribution is 5.95. The molecule has 39 heavy (non-hydrogen) atoms. The number of hydrogen-bond donors (Lipinski definition) is 0. The average molecular weight is 527 g/mol. The molecule has 6 nitrogen and oxygen atoms in total. The van der Waals surface area contributed by atoms with Gasteiger partial charge in [-0.25, -0.2) is 4.98 Å². The van der Waals surface area contributed by atoms with E-state index in [1.165, 1.54) is 37.7 Å². The molecule has 2 heterocycles. The van der Waals surface area contributed by atoms with Crippen molar-refractivity contribution in [3.05, 3.63) is 60.0 Å². The van der Waals surface area contributed by atoms with Gasteiger partial charge in [-0.15, -0.1) is 0 Å². The number of rotatable bonds is 8. The minimum absolute atomic E-state index is 0.157. The number of pyridine rings is 1. The molecule has 3 aliphatic carbocycles. The van der Waals surface area contributed by atoms with Crippen LogP contribution in [-0.4, -0.2) is 34.3 Å². The van der Waals surface area contributed by atoms with Crippen LogP contribution < -0.4 is 9.64 Å². The lowest BCUT2D eigenvalue weighted by molar-refractivity contribution is -0.123. The third-order valence-corrected chi connectivity index (χ3v) is 9.24. The highest BCUT2D eigenvalue weighted by atomic mass is 16.5. The Balaban J connectivity index is 1.19. The summed E-state index contributed by atoms with van der Waals surface area (Å²) in [5.41, 5.74) is 5.74. The Bertz CT molecular complexity index is 1280. The monoisotopic (exact) mass is 526 g/mol. The topological polar surface area (TPSA) is 60.2 Å². The van der Waals surface area contributed by atoms with Crippen molar-refractivity contribution in [1.29, 1.82) is 0 Å². The minimum Gasteiger partial charge on any atom is -0.481 e. The number of ether oxygens (including phenoxy) is 1. The van der Waals surface area contributed by atoms with Gasteiger partial charge in [-0.1, -0.05) is 31.4 Å². The number of aromatic nitrogens is 3. The van der Waals surface area contributed by atoms with Gasteiger partial charge < -0.3 is 9.64 Å². The lowest BCUT2D eigenvalue weighted by atomic mass is 9.78. The van der Waals surface area contributed by atoms with Gasteiger partial charge in [-0.05, 0) is 99.5 Å². The average Bonchev–Trinajstić information content (AvgIpc) is 3.72. The Morgan fingerprint density at radius 2 is 1.77 bits per heavy atom. The number of methoxy groups -OCH3 is 1. The summed E-state index contributed by atoms with van der Waals surface area (Å²) in [4.78, 5) is 20.7. The van der Waals surface area contributed by atoms with Crippen molar-refractivity contribution in [3.63, 3.8) is 0 Å². The molecule has 0 saturated heterocycles. The maximum Gasteiger partial charge on any atom is 0.230 e. The molecule has 3 aromatic rings. The molecule has 3 aliphatic rings. The second-order valence-electron chi connectivity index (χ2n) is 12.1. The first-order valence-electron chi connectivity index (χ1n) is 15.1. The number of carbonyl (C=O) groups is 1. The highest BCUT2D eigenvalue weighted by Gasteiger charge is 2.31. The molecule has 0 aliphatic heterocycles. The molecular weight excluding hydrogens is 484 g/mol. The summed E-state index contributed by atoms with van der Waals surface area (Å²) in [5.74, 6) is 2.25. The predicted octanol–water partition coefficient (Wildman–Crippen LogP) is 7.48. The van der Waals surface area contributed by atoms with Crippen molar-refractivity contribution >= 4 is 11.6 Å². The van der Waals surface area contributed by atoms with Crippen molar-refractivity contribution in [2.45, 2.75) is 89.5 Å². The van der Waals surface area contributed by atoms with Crippen LogP contribution >= 0.6 is 0 Å². The molecule has 0 bridgehead atoms. The van der Waals surface area contributed by atoms with Gasteiger partial charge in [0.05, 0.1) is 19.3 Å². The quantitative estimate of drug-likeness (QED) is 0.305. The molecule has 0 spiro atoms. The Kier molecular flexibility index (Phi) is 7.71. The summed E-state index contributed by atoms with van der Waals surface area (Å²) in [6, 6.07) is 11.4. The Morgan fingerprint density at radius 1 is 0.974 bits per heavy atom. The summed E-state index contributed by atoms with van der Waals surface area (Å²) >= 11 is 0. The Hall–Kier alpha value is -3.15. The van der Waals surface area contributed by atoms with Gasteiger partial charge in [0.1, 0.15) is 0 Å². The van der Waals surface area contributed by atoms with Crippen molar-refractivity contribution in [1.82, 2.24) is 14.8 Å². The Labute approximate surface area is 232 Å². The second-order valence-corrected chi connectivity index (χ2v) is 12.1. The SMILES string of the molecule is COc1ncc(C2CCC(CN(C(=O)C3CCCCC3)c3cccc(-c4cnn(C5CC5)c4)c3)CC2)cc1C. The standard InChI is InChI=1S/C33H42N4O2/c1-23-17-28(19-34-32(23)39-2)25-13-11-24(12-14-25)21-36(33(38)26-7-4-3-5-8-26)31-10-6-9-27(18-31)29-20-35-37(22-29)30-15-16-30/h6,9-10,17-20,22,24-26,30H,3-5,7-8,11-16,21H2,1-2H3. The van der Waals surface area contributed by atoms with Gasteiger partial charge in [0.2, 0.25) is 11.8 Å². The molecular formula is C33H42N4O2. The van der Waals surface area contributed by atoms with Gasteiger partial charge in [0, 0.05) is 41.7 Å². The first-order chi connectivity index (χ1) is 19.1. The van der Waals surface area contributed by atoms with E-state index in [2.05, 4.69) is 63.1 Å². The van der Waals surface area contributed by atoms with Crippen LogP contribution in [0.2, 0.25) is 0 Å². The molecule has 3 fully saturated rings. The fraction of sp³-hybridized carbons (Fsp3) is 0.545. The van der Waals surface area contributed by atoms with Crippen LogP contribution in [0, 0.1) is 18.8 Å². The maximum absolute atomic E-state index is 14.0. The zero-order valence-corrected chi connectivity index (χ0v) is 23.5. The minimum atomic E-state index is 0.157. The number of nitrogens with zero attached hydrogens (tertiary/aromatic N) is 4. The molecule has 0 N–H and O–H groups in total. The van der Waals surface area contributed by atoms with Crippen molar-refractivity contribution < 1.29 is 9.53 Å². The normalized spacial score (nSPS) is 22.0. The van der Waals surface area contributed by atoms with Crippen LogP contribution in [-0.2, 0) is 4.79 Å². The van der Waals surface area contributed by atoms with Gasteiger partial charge in [0.25, 0.3) is 0 Å². The zero-order valence-electron chi connectivity index (χ0n) is 23.5. The maximum atomic E-state index is 14.0. The van der Waals surface area contributed by atoms with E-state index in [0.29, 0.717) is 29.7 Å². The van der Waals surface area contributed by atoms with E-state index in [0.717, 1.165) is 67.4 Å². The smallest absolute Gasteiger partial charge is 0.230 e. The molecule has 0 radical (unpaired) electrons. The van der Waals surface area contributed by atoms with Gasteiger partial charge in [0.15, 0.2) is 0 Å². The van der Waals surface area contributed by atoms with Crippen molar-refractivity contribution in [2.75, 3.05) is 18.6 Å². The van der Waals surface area contributed by atoms with Crippen LogP contribution in [0.25, 0.3) is 11.1 Å². The summed E-state index contributed by atoms with van der Waals surface area (Å²) in [6.45, 7) is 2.88. The summed E-state index contributed by atoms with van der Waals surface area (Å²) < 4.78 is 7.46. The number of anilines is 1. The van der Waals surface area contributed by atoms with E-state index in [1.54, 1.807) is 7.11 Å². The highest BCUT2D eigenvalue weighted by Crippen LogP contribution is 2.39. The first-order valence-corrected chi connectivity index (χ1v) is 15.1. The van der Waals surface area contributed by atoms with E-state index < -0.39 is 0 Å². The van der Waals surface area contributed by atoms with E-state index in [9.17, 15) is 4.79 Å². The van der Waals surface area contributed by atoms with Crippen molar-refractivity contribution in [3.8, 4) is 17.0 Å². The lowest BCUT2D eigenvalue weighted by Crippen LogP contribution is -2.41. The number of amides is 1. The lowest BCUT2D eigenvalue weighted by Gasteiger charge is -2.35. The van der Waals surface area contributed by atoms with Crippen LogP contribution in [0.15, 0.2) is 48.9 Å². The van der Waals surface area contributed by atoms with Crippen LogP contribution in [0.4, 0.5) is 5.69 Å². The molecule has 1 aromatic carbocycles. The van der Waals surface area contributed by atoms with Gasteiger partial charge in [-0.2, -0.15) is 5.10 Å². The molecule has 0 atom stereocenters. The molecule has 1 amide bonds. The number of carbonyl (C=O) groups excluding carboxylic acids is 1. The predicted molar refractivity (Wildman–Crippen MR) is 155 cm³/mol. The summed E-state index contributed by atoms with van der Waals surface area (Å²) in [5, 5.41) is 4.60. The zero-order chi connectivity index (χ0) is 26.8. The van der Waals surface area contributed by atoms with Gasteiger partial charge in [-0.3, -0.25) is 9.48 Å². The molecule has 6 rings (SSSR count). The van der Waals surface area contributed by atoms with Crippen LogP contribution in [0.3, 0.4) is 0 Å². The molecule has 2 aromatic heterocycles. The van der Waals surface area contributed by atoms with E-state index in [-0.39, 0.29) is 5.92 Å². The van der Waals surface area contributed by atoms with Gasteiger partial charge >= 0.3 is 0 Å². The third kappa shape index (κ3) is 5.90. The van der Waals surface area contributed by atoms with Crippen LogP contribution in [0.5, 0.6) is 5.88 Å². The molecule has 206 valence electrons. The molecule has 6 heteroatoms. The van der Waals surface area contributed by atoms with Crippen molar-refractivity contribution in [2.24, 2.45) is 11.8 Å². The Morgan fingerprint density at radius 3 is 2.49 bits per heavy atom. The van der Waals surface area contributed by atoms with Crippen LogP contribution in [0.1, 0.15) is 93.7 Å². The first kappa shape index (κ1) is 26.1.